The molecule has 1 saturated heterocycles. The second kappa shape index (κ2) is 8.62. The van der Waals surface area contributed by atoms with Crippen LogP contribution in [0.15, 0.2) is 60.4 Å². The molecule has 33 heavy (non-hydrogen) atoms. The van der Waals surface area contributed by atoms with E-state index in [2.05, 4.69) is 10.3 Å². The lowest BCUT2D eigenvalue weighted by atomic mass is 10.1. The molecular formula is C21H11Cl2F3N4O2S. The van der Waals surface area contributed by atoms with Gasteiger partial charge in [0.2, 0.25) is 0 Å². The molecular weight excluding hydrogens is 500 g/mol. The van der Waals surface area contributed by atoms with Gasteiger partial charge in [-0.2, -0.15) is 13.2 Å². The third-order valence-electron chi connectivity index (χ3n) is 4.64. The molecule has 0 unspecified atom stereocenters. The SMILES string of the molecule is O=C1NC(=S)N(c2ccc(Cl)cc2)C(=O)C1=Cc1cccn1-c1ncc(C(F)(F)F)cc1Cl. The minimum absolute atomic E-state index is 0.00439. The third kappa shape index (κ3) is 4.50. The number of carbonyl (C=O) groups is 2. The molecule has 1 fully saturated rings. The summed E-state index contributed by atoms with van der Waals surface area (Å²) in [6.45, 7) is 0. The van der Waals surface area contributed by atoms with Crippen LogP contribution in [0.4, 0.5) is 18.9 Å². The summed E-state index contributed by atoms with van der Waals surface area (Å²) in [5.74, 6) is -1.42. The Labute approximate surface area is 200 Å². The highest BCUT2D eigenvalue weighted by Crippen LogP contribution is 2.32. The average Bonchev–Trinajstić information content (AvgIpc) is 3.19. The van der Waals surface area contributed by atoms with E-state index in [1.54, 1.807) is 36.4 Å². The van der Waals surface area contributed by atoms with Gasteiger partial charge in [-0.05, 0) is 60.8 Å². The number of thiocarbonyl (C=S) groups is 1. The molecule has 1 aliphatic rings. The van der Waals surface area contributed by atoms with Crippen LogP contribution < -0.4 is 10.2 Å². The summed E-state index contributed by atoms with van der Waals surface area (Å²) in [4.78, 5) is 30.6. The molecule has 0 atom stereocenters. The first-order valence-electron chi connectivity index (χ1n) is 9.14. The summed E-state index contributed by atoms with van der Waals surface area (Å²) in [7, 11) is 0. The number of rotatable bonds is 3. The Morgan fingerprint density at radius 2 is 1.79 bits per heavy atom. The van der Waals surface area contributed by atoms with Crippen LogP contribution in [0.3, 0.4) is 0 Å². The Hall–Kier alpha value is -3.21. The van der Waals surface area contributed by atoms with Crippen LogP contribution >= 0.6 is 35.4 Å². The number of alkyl halides is 3. The first-order valence-corrected chi connectivity index (χ1v) is 10.3. The van der Waals surface area contributed by atoms with Crippen LogP contribution in [0.5, 0.6) is 0 Å². The zero-order chi connectivity index (χ0) is 23.9. The van der Waals surface area contributed by atoms with E-state index >= 15 is 0 Å². The van der Waals surface area contributed by atoms with Gasteiger partial charge in [-0.25, -0.2) is 4.98 Å². The smallest absolute Gasteiger partial charge is 0.301 e. The van der Waals surface area contributed by atoms with Crippen molar-refractivity contribution >= 4 is 64.1 Å². The number of anilines is 1. The van der Waals surface area contributed by atoms with Crippen LogP contribution in [0.25, 0.3) is 11.9 Å². The van der Waals surface area contributed by atoms with Crippen molar-refractivity contribution in [3.63, 3.8) is 0 Å². The molecule has 0 radical (unpaired) electrons. The third-order valence-corrected chi connectivity index (χ3v) is 5.45. The van der Waals surface area contributed by atoms with E-state index < -0.39 is 23.6 Å². The van der Waals surface area contributed by atoms with Crippen molar-refractivity contribution in [3.8, 4) is 5.82 Å². The van der Waals surface area contributed by atoms with Crippen molar-refractivity contribution < 1.29 is 22.8 Å². The molecule has 6 nitrogen and oxygen atoms in total. The van der Waals surface area contributed by atoms with Gasteiger partial charge in [0.05, 0.1) is 16.3 Å². The minimum Gasteiger partial charge on any atom is -0.301 e. The van der Waals surface area contributed by atoms with Crippen LogP contribution in [-0.2, 0) is 15.8 Å². The Morgan fingerprint density at radius 3 is 2.42 bits per heavy atom. The highest BCUT2D eigenvalue weighted by Gasteiger charge is 2.35. The van der Waals surface area contributed by atoms with Gasteiger partial charge in [-0.15, -0.1) is 0 Å². The van der Waals surface area contributed by atoms with Crippen LogP contribution in [0, 0.1) is 0 Å². The van der Waals surface area contributed by atoms with Crippen molar-refractivity contribution in [2.75, 3.05) is 4.90 Å². The number of pyridine rings is 1. The number of nitrogens with one attached hydrogen (secondary N) is 1. The summed E-state index contributed by atoms with van der Waals surface area (Å²) < 4.78 is 40.1. The van der Waals surface area contributed by atoms with Gasteiger partial charge in [0.15, 0.2) is 10.9 Å². The topological polar surface area (TPSA) is 67.2 Å². The zero-order valence-electron chi connectivity index (χ0n) is 16.2. The quantitative estimate of drug-likeness (QED) is 0.305. The van der Waals surface area contributed by atoms with Crippen molar-refractivity contribution in [1.29, 1.82) is 0 Å². The van der Waals surface area contributed by atoms with Gasteiger partial charge in [0, 0.05) is 23.1 Å². The summed E-state index contributed by atoms with van der Waals surface area (Å²) in [5, 5.41) is 2.54. The summed E-state index contributed by atoms with van der Waals surface area (Å²) in [6.07, 6.45) is -1.19. The molecule has 1 aromatic carbocycles. The molecule has 4 rings (SSSR count). The number of hydrogen-bond acceptors (Lipinski definition) is 4. The predicted molar refractivity (Wildman–Crippen MR) is 121 cm³/mol. The molecule has 0 aliphatic carbocycles. The predicted octanol–water partition coefficient (Wildman–Crippen LogP) is 5.03. The molecule has 168 valence electrons. The van der Waals surface area contributed by atoms with E-state index in [9.17, 15) is 22.8 Å². The van der Waals surface area contributed by atoms with Gasteiger partial charge in [0.25, 0.3) is 11.8 Å². The highest BCUT2D eigenvalue weighted by atomic mass is 35.5. The molecule has 0 bridgehead atoms. The summed E-state index contributed by atoms with van der Waals surface area (Å²) in [5.41, 5.74) is -0.575. The maximum absolute atomic E-state index is 13.1. The molecule has 3 aromatic rings. The Balaban J connectivity index is 1.74. The number of carbonyl (C=O) groups excluding carboxylic acids is 2. The van der Waals surface area contributed by atoms with Crippen molar-refractivity contribution in [1.82, 2.24) is 14.9 Å². The number of amides is 2. The lowest BCUT2D eigenvalue weighted by Crippen LogP contribution is -2.54. The Morgan fingerprint density at radius 1 is 1.09 bits per heavy atom. The van der Waals surface area contributed by atoms with E-state index in [1.807, 2.05) is 0 Å². The maximum Gasteiger partial charge on any atom is 0.417 e. The second-order valence-corrected chi connectivity index (χ2v) is 7.99. The normalized spacial score (nSPS) is 15.8. The van der Waals surface area contributed by atoms with Gasteiger partial charge in [-0.3, -0.25) is 19.8 Å². The number of benzene rings is 1. The van der Waals surface area contributed by atoms with Crippen molar-refractivity contribution in [3.05, 3.63) is 81.7 Å². The van der Waals surface area contributed by atoms with Gasteiger partial charge >= 0.3 is 6.18 Å². The van der Waals surface area contributed by atoms with E-state index in [0.717, 1.165) is 11.0 Å². The molecule has 1 N–H and O–H groups in total. The second-order valence-electron chi connectivity index (χ2n) is 6.76. The van der Waals surface area contributed by atoms with Crippen LogP contribution in [0.2, 0.25) is 10.0 Å². The Kier molecular flexibility index (Phi) is 6.00. The highest BCUT2D eigenvalue weighted by molar-refractivity contribution is 7.80. The van der Waals surface area contributed by atoms with E-state index in [0.29, 0.717) is 16.9 Å². The van der Waals surface area contributed by atoms with Crippen molar-refractivity contribution in [2.45, 2.75) is 6.18 Å². The molecule has 2 amide bonds. The molecule has 1 aliphatic heterocycles. The number of hydrogen-bond donors (Lipinski definition) is 1. The average molecular weight is 511 g/mol. The zero-order valence-corrected chi connectivity index (χ0v) is 18.6. The Bertz CT molecular complexity index is 1320. The fraction of sp³-hybridized carbons (Fsp3) is 0.0476. The lowest BCUT2D eigenvalue weighted by molar-refractivity contribution is -0.137. The number of aromatic nitrogens is 2. The molecule has 12 heteroatoms. The first-order chi connectivity index (χ1) is 15.6. The minimum atomic E-state index is -4.60. The van der Waals surface area contributed by atoms with Crippen molar-refractivity contribution in [2.24, 2.45) is 0 Å². The van der Waals surface area contributed by atoms with E-state index in [-0.39, 0.29) is 27.2 Å². The molecule has 0 spiro atoms. The standard InChI is InChI=1S/C21H11Cl2F3N4O2S/c22-12-3-5-13(6-4-12)30-19(32)15(18(31)28-20(30)33)9-14-2-1-7-29(14)17-16(23)8-11(10-27-17)21(24,25)26/h1-10H,(H,28,31,33). The molecule has 2 aromatic heterocycles. The van der Waals surface area contributed by atoms with Crippen LogP contribution in [-0.4, -0.2) is 26.5 Å². The van der Waals surface area contributed by atoms with E-state index in [1.165, 1.54) is 16.8 Å². The summed E-state index contributed by atoms with van der Waals surface area (Å²) in [6, 6.07) is 10.1. The number of nitrogens with zero attached hydrogens (tertiary/aromatic N) is 3. The monoisotopic (exact) mass is 510 g/mol. The molecule has 3 heterocycles. The van der Waals surface area contributed by atoms with E-state index in [4.69, 9.17) is 35.4 Å². The van der Waals surface area contributed by atoms with Gasteiger partial charge in [0.1, 0.15) is 5.57 Å². The fourth-order valence-corrected chi connectivity index (χ4v) is 3.76. The fourth-order valence-electron chi connectivity index (χ4n) is 3.10. The molecule has 0 saturated carbocycles. The number of halogens is 5. The largest absolute Gasteiger partial charge is 0.417 e. The first kappa shape index (κ1) is 23.0. The van der Waals surface area contributed by atoms with Gasteiger partial charge < -0.3 is 4.57 Å². The maximum atomic E-state index is 13.1. The lowest BCUT2D eigenvalue weighted by Gasteiger charge is -2.29. The van der Waals surface area contributed by atoms with Crippen LogP contribution in [0.1, 0.15) is 11.3 Å². The summed E-state index contributed by atoms with van der Waals surface area (Å²) >= 11 is 17.1. The van der Waals surface area contributed by atoms with Gasteiger partial charge in [-0.1, -0.05) is 23.2 Å².